The second-order valence-electron chi connectivity index (χ2n) is 5.76. The molecule has 1 fully saturated rings. The van der Waals surface area contributed by atoms with Crippen molar-refractivity contribution in [3.8, 4) is 11.4 Å². The van der Waals surface area contributed by atoms with Crippen molar-refractivity contribution in [1.82, 2.24) is 19.8 Å². The van der Waals surface area contributed by atoms with Crippen LogP contribution in [0.3, 0.4) is 0 Å². The molecule has 0 saturated carbocycles. The number of halogens is 1. The van der Waals surface area contributed by atoms with E-state index in [1.807, 2.05) is 36.9 Å². The van der Waals surface area contributed by atoms with E-state index < -0.39 is 0 Å². The summed E-state index contributed by atoms with van der Waals surface area (Å²) in [5.74, 6) is 0.903. The zero-order chi connectivity index (χ0) is 16.2. The third-order valence-corrected chi connectivity index (χ3v) is 4.73. The van der Waals surface area contributed by atoms with Gasteiger partial charge in [0, 0.05) is 32.2 Å². The summed E-state index contributed by atoms with van der Waals surface area (Å²) < 4.78 is 7.44. The topological polar surface area (TPSA) is 42.3 Å². The quantitative estimate of drug-likeness (QED) is 0.911. The molecule has 1 N–H and O–H groups in total. The van der Waals surface area contributed by atoms with Gasteiger partial charge in [-0.05, 0) is 7.05 Å². The average molecular weight is 335 g/mol. The highest BCUT2D eigenvalue weighted by Gasteiger charge is 2.28. The minimum absolute atomic E-state index is 0.153. The maximum absolute atomic E-state index is 6.63. The Kier molecular flexibility index (Phi) is 5.33. The van der Waals surface area contributed by atoms with Crippen molar-refractivity contribution in [2.24, 2.45) is 7.05 Å². The predicted molar refractivity (Wildman–Crippen MR) is 92.7 cm³/mol. The first-order valence-corrected chi connectivity index (χ1v) is 8.34. The minimum Gasteiger partial charge on any atom is -0.379 e. The van der Waals surface area contributed by atoms with Gasteiger partial charge in [0.25, 0.3) is 0 Å². The summed E-state index contributed by atoms with van der Waals surface area (Å²) in [6.45, 7) is 4.14. The summed E-state index contributed by atoms with van der Waals surface area (Å²) in [5.41, 5.74) is 2.01. The van der Waals surface area contributed by atoms with Crippen molar-refractivity contribution >= 4 is 11.6 Å². The van der Waals surface area contributed by atoms with Gasteiger partial charge < -0.3 is 14.6 Å². The number of hydrogen-bond donors (Lipinski definition) is 1. The fourth-order valence-corrected chi connectivity index (χ4v) is 3.29. The first kappa shape index (κ1) is 16.5. The van der Waals surface area contributed by atoms with Crippen LogP contribution in [0, 0.1) is 0 Å². The molecule has 1 unspecified atom stereocenters. The highest BCUT2D eigenvalue weighted by molar-refractivity contribution is 6.30. The van der Waals surface area contributed by atoms with Gasteiger partial charge >= 0.3 is 0 Å². The van der Waals surface area contributed by atoms with Crippen molar-refractivity contribution in [1.29, 1.82) is 0 Å². The third-order valence-electron chi connectivity index (χ3n) is 4.28. The Morgan fingerprint density at radius 2 is 1.96 bits per heavy atom. The molecule has 1 aromatic carbocycles. The Balaban J connectivity index is 1.96. The zero-order valence-electron chi connectivity index (χ0n) is 13.6. The molecule has 2 aromatic rings. The Morgan fingerprint density at radius 3 is 2.61 bits per heavy atom. The van der Waals surface area contributed by atoms with Crippen LogP contribution in [0.25, 0.3) is 11.4 Å². The first-order valence-electron chi connectivity index (χ1n) is 7.96. The van der Waals surface area contributed by atoms with Crippen LogP contribution in [0.4, 0.5) is 0 Å². The van der Waals surface area contributed by atoms with Gasteiger partial charge in [-0.3, -0.25) is 4.90 Å². The number of nitrogens with one attached hydrogen (secondary N) is 1. The number of nitrogens with zero attached hydrogens (tertiary/aromatic N) is 3. The molecule has 0 aliphatic carbocycles. The van der Waals surface area contributed by atoms with Crippen LogP contribution in [-0.2, 0) is 11.8 Å². The van der Waals surface area contributed by atoms with Gasteiger partial charge in [0.2, 0.25) is 0 Å². The Hall–Kier alpha value is -1.40. The fourth-order valence-electron chi connectivity index (χ4n) is 3.04. The summed E-state index contributed by atoms with van der Waals surface area (Å²) in [5, 5.41) is 3.97. The van der Waals surface area contributed by atoms with Crippen LogP contribution in [0.2, 0.25) is 5.15 Å². The maximum Gasteiger partial charge on any atom is 0.141 e. The van der Waals surface area contributed by atoms with Crippen LogP contribution in [0.5, 0.6) is 0 Å². The molecule has 23 heavy (non-hydrogen) atoms. The van der Waals surface area contributed by atoms with E-state index >= 15 is 0 Å². The van der Waals surface area contributed by atoms with Crippen LogP contribution < -0.4 is 5.32 Å². The molecule has 0 radical (unpaired) electrons. The lowest BCUT2D eigenvalue weighted by Crippen LogP contribution is -2.42. The molecule has 6 heteroatoms. The van der Waals surface area contributed by atoms with E-state index in [-0.39, 0.29) is 6.04 Å². The van der Waals surface area contributed by atoms with E-state index in [9.17, 15) is 0 Å². The van der Waals surface area contributed by atoms with Gasteiger partial charge in [-0.1, -0.05) is 41.9 Å². The molecule has 1 atom stereocenters. The molecule has 0 spiro atoms. The molecular formula is C17H23ClN4O. The molecule has 3 rings (SSSR count). The number of ether oxygens (including phenoxy) is 1. The monoisotopic (exact) mass is 334 g/mol. The largest absolute Gasteiger partial charge is 0.379 e. The minimum atomic E-state index is 0.153. The van der Waals surface area contributed by atoms with Crippen molar-refractivity contribution in [3.63, 3.8) is 0 Å². The van der Waals surface area contributed by atoms with E-state index in [0.29, 0.717) is 5.15 Å². The molecule has 0 amide bonds. The Labute approximate surface area is 142 Å². The Morgan fingerprint density at radius 1 is 1.26 bits per heavy atom. The van der Waals surface area contributed by atoms with E-state index in [4.69, 9.17) is 21.3 Å². The van der Waals surface area contributed by atoms with Gasteiger partial charge in [0.1, 0.15) is 11.0 Å². The van der Waals surface area contributed by atoms with Crippen LogP contribution in [0.1, 0.15) is 11.7 Å². The van der Waals surface area contributed by atoms with Gasteiger partial charge in [-0.2, -0.15) is 0 Å². The number of aromatic nitrogens is 2. The van der Waals surface area contributed by atoms with Gasteiger partial charge in [-0.25, -0.2) is 4.98 Å². The average Bonchev–Trinajstić information content (AvgIpc) is 2.90. The molecule has 1 saturated heterocycles. The normalized spacial score (nSPS) is 17.3. The molecule has 124 valence electrons. The van der Waals surface area contributed by atoms with E-state index in [1.54, 1.807) is 0 Å². The summed E-state index contributed by atoms with van der Waals surface area (Å²) in [6, 6.07) is 10.3. The van der Waals surface area contributed by atoms with Gasteiger partial charge in [0.15, 0.2) is 0 Å². The number of benzene rings is 1. The van der Waals surface area contributed by atoms with Gasteiger partial charge in [0.05, 0.1) is 24.9 Å². The molecule has 1 aliphatic heterocycles. The molecule has 2 heterocycles. The smallest absolute Gasteiger partial charge is 0.141 e. The first-order chi connectivity index (χ1) is 11.2. The second-order valence-corrected chi connectivity index (χ2v) is 6.12. The molecular weight excluding hydrogens is 312 g/mol. The SMILES string of the molecule is CNCC(c1nc(-c2ccccc2)n(C)c1Cl)N1CCOCC1. The van der Waals surface area contributed by atoms with Gasteiger partial charge in [-0.15, -0.1) is 0 Å². The van der Waals surface area contributed by atoms with E-state index in [1.165, 1.54) is 0 Å². The van der Waals surface area contributed by atoms with Crippen molar-refractivity contribution in [3.05, 3.63) is 41.2 Å². The predicted octanol–water partition coefficient (Wildman–Crippen LogP) is 2.33. The van der Waals surface area contributed by atoms with Crippen molar-refractivity contribution in [2.45, 2.75) is 6.04 Å². The second kappa shape index (κ2) is 7.45. The zero-order valence-corrected chi connectivity index (χ0v) is 14.4. The van der Waals surface area contributed by atoms with Crippen LogP contribution >= 0.6 is 11.6 Å². The van der Waals surface area contributed by atoms with E-state index in [0.717, 1.165) is 49.9 Å². The summed E-state index contributed by atoms with van der Waals surface area (Å²) in [7, 11) is 3.93. The highest BCUT2D eigenvalue weighted by atomic mass is 35.5. The lowest BCUT2D eigenvalue weighted by Gasteiger charge is -2.33. The van der Waals surface area contributed by atoms with Crippen molar-refractivity contribution in [2.75, 3.05) is 39.9 Å². The number of likely N-dealkylation sites (N-methyl/N-ethyl adjacent to an activating group) is 1. The van der Waals surface area contributed by atoms with Crippen molar-refractivity contribution < 1.29 is 4.74 Å². The Bertz CT molecular complexity index is 638. The third kappa shape index (κ3) is 3.43. The number of rotatable bonds is 5. The van der Waals surface area contributed by atoms with E-state index in [2.05, 4.69) is 22.3 Å². The summed E-state index contributed by atoms with van der Waals surface area (Å²) >= 11 is 6.63. The number of hydrogen-bond acceptors (Lipinski definition) is 4. The summed E-state index contributed by atoms with van der Waals surface area (Å²) in [6.07, 6.45) is 0. The molecule has 1 aromatic heterocycles. The number of morpholine rings is 1. The highest BCUT2D eigenvalue weighted by Crippen LogP contribution is 2.31. The maximum atomic E-state index is 6.63. The lowest BCUT2D eigenvalue weighted by atomic mass is 10.1. The molecule has 0 bridgehead atoms. The lowest BCUT2D eigenvalue weighted by molar-refractivity contribution is 0.0158. The molecule has 5 nitrogen and oxygen atoms in total. The number of imidazole rings is 1. The van der Waals surface area contributed by atoms with Crippen LogP contribution in [-0.4, -0.2) is 54.3 Å². The fraction of sp³-hybridized carbons (Fsp3) is 0.471. The van der Waals surface area contributed by atoms with Crippen LogP contribution in [0.15, 0.2) is 30.3 Å². The summed E-state index contributed by atoms with van der Waals surface area (Å²) in [4.78, 5) is 7.27. The standard InChI is InChI=1S/C17H23ClN4O/c1-19-12-14(22-8-10-23-11-9-22)15-16(18)21(2)17(20-15)13-6-4-3-5-7-13/h3-7,14,19H,8-12H2,1-2H3. The molecule has 1 aliphatic rings.